The number of halogens is 3. The summed E-state index contributed by atoms with van der Waals surface area (Å²) in [6.07, 6.45) is 2.90. The molecule has 0 unspecified atom stereocenters. The van der Waals surface area contributed by atoms with Crippen molar-refractivity contribution in [1.29, 1.82) is 0 Å². The van der Waals surface area contributed by atoms with Crippen LogP contribution in [-0.2, 0) is 6.54 Å². The molecule has 0 bridgehead atoms. The second-order valence-corrected chi connectivity index (χ2v) is 4.26. The Kier molecular flexibility index (Phi) is 2.87. The van der Waals surface area contributed by atoms with Gasteiger partial charge in [-0.15, -0.1) is 0 Å². The summed E-state index contributed by atoms with van der Waals surface area (Å²) < 4.78 is 28.7. The van der Waals surface area contributed by atoms with Gasteiger partial charge in [-0.25, -0.2) is 18.7 Å². The molecule has 0 aliphatic heterocycles. The Morgan fingerprint density at radius 2 is 1.89 bits per heavy atom. The summed E-state index contributed by atoms with van der Waals surface area (Å²) in [5.41, 5.74) is 0.903. The zero-order valence-corrected chi connectivity index (χ0v) is 10.3. The molecular formula is C12H7ClF2N4. The number of aromatic nitrogens is 4. The lowest BCUT2D eigenvalue weighted by Crippen LogP contribution is -2.04. The third kappa shape index (κ3) is 2.15. The highest BCUT2D eigenvalue weighted by molar-refractivity contribution is 6.28. The van der Waals surface area contributed by atoms with E-state index in [0.29, 0.717) is 11.2 Å². The molecule has 0 radical (unpaired) electrons. The zero-order chi connectivity index (χ0) is 13.4. The Balaban J connectivity index is 2.08. The van der Waals surface area contributed by atoms with Crippen LogP contribution in [0.1, 0.15) is 5.56 Å². The normalized spacial score (nSPS) is 11.1. The number of fused-ring (bicyclic) bond motifs is 1. The van der Waals surface area contributed by atoms with Crippen LogP contribution in [0, 0.1) is 11.6 Å². The zero-order valence-electron chi connectivity index (χ0n) is 9.52. The van der Waals surface area contributed by atoms with Gasteiger partial charge in [-0.05, 0) is 23.7 Å². The fourth-order valence-electron chi connectivity index (χ4n) is 1.80. The van der Waals surface area contributed by atoms with E-state index < -0.39 is 11.6 Å². The van der Waals surface area contributed by atoms with E-state index in [2.05, 4.69) is 15.0 Å². The predicted octanol–water partition coefficient (Wildman–Crippen LogP) is 2.81. The topological polar surface area (TPSA) is 43.6 Å². The summed E-state index contributed by atoms with van der Waals surface area (Å²) in [4.78, 5) is 11.8. The van der Waals surface area contributed by atoms with Gasteiger partial charge in [0.1, 0.15) is 17.2 Å². The fraction of sp³-hybridized carbons (Fsp3) is 0.0833. The third-order valence-corrected chi connectivity index (χ3v) is 2.90. The van der Waals surface area contributed by atoms with Gasteiger partial charge in [-0.3, -0.25) is 0 Å². The first-order valence-electron chi connectivity index (χ1n) is 5.41. The summed E-state index contributed by atoms with van der Waals surface area (Å²) in [5.74, 6) is -1.22. The molecule has 0 saturated carbocycles. The third-order valence-electron chi connectivity index (χ3n) is 2.72. The predicted molar refractivity (Wildman–Crippen MR) is 65.8 cm³/mol. The lowest BCUT2D eigenvalue weighted by atomic mass is 10.2. The first-order chi connectivity index (χ1) is 9.15. The van der Waals surface area contributed by atoms with Gasteiger partial charge in [-0.2, -0.15) is 4.98 Å². The molecule has 3 rings (SSSR count). The summed E-state index contributed by atoms with van der Waals surface area (Å²) in [6.45, 7) is -0.0116. The van der Waals surface area contributed by atoms with Crippen molar-refractivity contribution >= 4 is 22.8 Å². The van der Waals surface area contributed by atoms with Gasteiger partial charge in [0.25, 0.3) is 0 Å². The smallest absolute Gasteiger partial charge is 0.224 e. The molecular weight excluding hydrogens is 274 g/mol. The molecule has 3 aromatic rings. The van der Waals surface area contributed by atoms with Crippen molar-refractivity contribution in [3.05, 3.63) is 53.2 Å². The molecule has 0 spiro atoms. The summed E-state index contributed by atoms with van der Waals surface area (Å²) in [7, 11) is 0. The molecule has 0 saturated heterocycles. The molecule has 7 heteroatoms. The van der Waals surface area contributed by atoms with Gasteiger partial charge in [-0.1, -0.05) is 6.07 Å². The van der Waals surface area contributed by atoms with Crippen LogP contribution in [-0.4, -0.2) is 19.5 Å². The van der Waals surface area contributed by atoms with Crippen LogP contribution in [0.5, 0.6) is 0 Å². The fourth-order valence-corrected chi connectivity index (χ4v) is 1.93. The molecule has 0 aliphatic rings. The van der Waals surface area contributed by atoms with E-state index in [1.54, 1.807) is 0 Å². The molecule has 0 N–H and O–H groups in total. The molecule has 2 aromatic heterocycles. The Morgan fingerprint density at radius 1 is 1.16 bits per heavy atom. The van der Waals surface area contributed by atoms with Crippen molar-refractivity contribution in [3.8, 4) is 0 Å². The van der Waals surface area contributed by atoms with Gasteiger partial charge in [0.2, 0.25) is 5.28 Å². The second kappa shape index (κ2) is 4.55. The van der Waals surface area contributed by atoms with Crippen LogP contribution in [0.2, 0.25) is 5.28 Å². The minimum Gasteiger partial charge on any atom is -0.310 e. The van der Waals surface area contributed by atoms with Crippen molar-refractivity contribution in [2.75, 3.05) is 0 Å². The number of nitrogens with zero attached hydrogens (tertiary/aromatic N) is 4. The van der Waals surface area contributed by atoms with Crippen LogP contribution in [0.15, 0.2) is 30.7 Å². The molecule has 0 fully saturated rings. The average Bonchev–Trinajstić information content (AvgIpc) is 2.76. The van der Waals surface area contributed by atoms with Gasteiger partial charge in [0.05, 0.1) is 19.1 Å². The van der Waals surface area contributed by atoms with E-state index in [1.807, 2.05) is 0 Å². The van der Waals surface area contributed by atoms with E-state index in [-0.39, 0.29) is 17.4 Å². The lowest BCUT2D eigenvalue weighted by Gasteiger charge is -2.06. The van der Waals surface area contributed by atoms with E-state index in [0.717, 1.165) is 0 Å². The second-order valence-electron chi connectivity index (χ2n) is 3.92. The number of rotatable bonds is 2. The first kappa shape index (κ1) is 12.0. The highest BCUT2D eigenvalue weighted by atomic mass is 35.5. The maximum Gasteiger partial charge on any atom is 0.224 e. The number of hydrogen-bond acceptors (Lipinski definition) is 3. The van der Waals surface area contributed by atoms with Crippen LogP contribution >= 0.6 is 11.6 Å². The van der Waals surface area contributed by atoms with Crippen molar-refractivity contribution in [2.24, 2.45) is 0 Å². The molecule has 4 nitrogen and oxygen atoms in total. The van der Waals surface area contributed by atoms with Gasteiger partial charge < -0.3 is 4.57 Å². The molecule has 19 heavy (non-hydrogen) atoms. The number of imidazole rings is 1. The van der Waals surface area contributed by atoms with E-state index >= 15 is 0 Å². The molecule has 96 valence electrons. The maximum absolute atomic E-state index is 13.6. The summed E-state index contributed by atoms with van der Waals surface area (Å²) in [5, 5.41) is 0.0586. The van der Waals surface area contributed by atoms with Crippen LogP contribution < -0.4 is 0 Å². The average molecular weight is 281 g/mol. The van der Waals surface area contributed by atoms with Crippen molar-refractivity contribution < 1.29 is 8.78 Å². The minimum atomic E-state index is -0.609. The quantitative estimate of drug-likeness (QED) is 0.678. The van der Waals surface area contributed by atoms with Crippen molar-refractivity contribution in [3.63, 3.8) is 0 Å². The summed E-state index contributed by atoms with van der Waals surface area (Å²) >= 11 is 5.70. The minimum absolute atomic E-state index is 0.0116. The highest BCUT2D eigenvalue weighted by Gasteiger charge is 2.12. The van der Waals surface area contributed by atoms with Gasteiger partial charge in [0, 0.05) is 5.56 Å². The Morgan fingerprint density at radius 3 is 2.63 bits per heavy atom. The van der Waals surface area contributed by atoms with Crippen LogP contribution in [0.3, 0.4) is 0 Å². The Bertz CT molecular complexity index is 736. The SMILES string of the molecule is Fc1cccc(F)c1Cn1cnc2cnc(Cl)nc21. The Hall–Kier alpha value is -2.08. The van der Waals surface area contributed by atoms with Crippen LogP contribution in [0.4, 0.5) is 8.78 Å². The molecule has 0 aliphatic carbocycles. The maximum atomic E-state index is 13.6. The lowest BCUT2D eigenvalue weighted by molar-refractivity contribution is 0.546. The summed E-state index contributed by atoms with van der Waals surface area (Å²) in [6, 6.07) is 3.73. The van der Waals surface area contributed by atoms with Crippen molar-refractivity contribution in [1.82, 2.24) is 19.5 Å². The Labute approximate surface area is 111 Å². The van der Waals surface area contributed by atoms with Crippen LogP contribution in [0.25, 0.3) is 11.2 Å². The molecule has 0 atom stereocenters. The van der Waals surface area contributed by atoms with E-state index in [1.165, 1.54) is 35.3 Å². The highest BCUT2D eigenvalue weighted by Crippen LogP contribution is 2.17. The van der Waals surface area contributed by atoms with Crippen molar-refractivity contribution in [2.45, 2.75) is 6.54 Å². The largest absolute Gasteiger partial charge is 0.310 e. The first-order valence-corrected chi connectivity index (χ1v) is 5.79. The van der Waals surface area contributed by atoms with Gasteiger partial charge in [0.15, 0.2) is 5.65 Å². The monoisotopic (exact) mass is 280 g/mol. The standard InChI is InChI=1S/C12H7ClF2N4/c13-12-16-4-10-11(18-12)19(6-17-10)5-7-8(14)2-1-3-9(7)15/h1-4,6H,5H2. The molecule has 1 aromatic carbocycles. The molecule has 0 amide bonds. The van der Waals surface area contributed by atoms with Gasteiger partial charge >= 0.3 is 0 Å². The molecule has 2 heterocycles. The number of hydrogen-bond donors (Lipinski definition) is 0. The van der Waals surface area contributed by atoms with E-state index in [9.17, 15) is 8.78 Å². The van der Waals surface area contributed by atoms with E-state index in [4.69, 9.17) is 11.6 Å². The number of benzene rings is 1.